The van der Waals surface area contributed by atoms with Crippen LogP contribution in [-0.2, 0) is 14.8 Å². The molecular formula is C15H23FN2O3S. The van der Waals surface area contributed by atoms with Crippen LogP contribution in [0.3, 0.4) is 0 Å². The first-order valence-corrected chi connectivity index (χ1v) is 8.82. The Morgan fingerprint density at radius 3 is 2.59 bits per heavy atom. The quantitative estimate of drug-likeness (QED) is 0.828. The molecule has 0 bridgehead atoms. The lowest BCUT2D eigenvalue weighted by atomic mass is 9.80. The molecular weight excluding hydrogens is 307 g/mol. The van der Waals surface area contributed by atoms with Crippen molar-refractivity contribution in [1.29, 1.82) is 0 Å². The number of hydrogen-bond acceptors (Lipinski definition) is 4. The van der Waals surface area contributed by atoms with Gasteiger partial charge in [-0.25, -0.2) is 17.5 Å². The summed E-state index contributed by atoms with van der Waals surface area (Å²) in [4.78, 5) is -0.0356. The molecule has 1 heterocycles. The van der Waals surface area contributed by atoms with Crippen molar-refractivity contribution in [3.8, 4) is 0 Å². The number of hydrogen-bond donors (Lipinski definition) is 2. The third kappa shape index (κ3) is 4.25. The average Bonchev–Trinajstić information content (AvgIpc) is 2.46. The van der Waals surface area contributed by atoms with Crippen LogP contribution in [0.15, 0.2) is 23.1 Å². The summed E-state index contributed by atoms with van der Waals surface area (Å²) < 4.78 is 46.1. The van der Waals surface area contributed by atoms with Crippen LogP contribution in [-0.4, -0.2) is 41.8 Å². The van der Waals surface area contributed by atoms with Crippen LogP contribution >= 0.6 is 0 Å². The van der Waals surface area contributed by atoms with Gasteiger partial charge in [-0.05, 0) is 56.6 Å². The lowest BCUT2D eigenvalue weighted by molar-refractivity contribution is 0.0577. The number of ether oxygens (including phenoxy) is 1. The maximum absolute atomic E-state index is 13.4. The van der Waals surface area contributed by atoms with Crippen LogP contribution in [0.1, 0.15) is 18.4 Å². The molecule has 0 unspecified atom stereocenters. The summed E-state index contributed by atoms with van der Waals surface area (Å²) in [6, 6.07) is 3.82. The van der Waals surface area contributed by atoms with Crippen molar-refractivity contribution >= 4 is 10.0 Å². The maximum atomic E-state index is 13.4. The molecule has 0 amide bonds. The van der Waals surface area contributed by atoms with Gasteiger partial charge in [0.25, 0.3) is 0 Å². The van der Waals surface area contributed by atoms with Gasteiger partial charge < -0.3 is 10.1 Å². The highest BCUT2D eigenvalue weighted by atomic mass is 32.2. The van der Waals surface area contributed by atoms with Crippen LogP contribution < -0.4 is 10.0 Å². The van der Waals surface area contributed by atoms with E-state index in [1.165, 1.54) is 12.1 Å². The first kappa shape index (κ1) is 17.3. The summed E-state index contributed by atoms with van der Waals surface area (Å²) in [5.41, 5.74) is 0.365. The highest BCUT2D eigenvalue weighted by Gasteiger charge is 2.33. The minimum Gasteiger partial charge on any atom is -0.384 e. The first-order valence-electron chi connectivity index (χ1n) is 7.33. The summed E-state index contributed by atoms with van der Waals surface area (Å²) in [6.07, 6.45) is 1.68. The smallest absolute Gasteiger partial charge is 0.240 e. The van der Waals surface area contributed by atoms with Gasteiger partial charge in [0.2, 0.25) is 10.0 Å². The molecule has 1 aliphatic heterocycles. The Balaban J connectivity index is 2.13. The Labute approximate surface area is 131 Å². The van der Waals surface area contributed by atoms with E-state index in [4.69, 9.17) is 4.74 Å². The molecule has 22 heavy (non-hydrogen) atoms. The monoisotopic (exact) mass is 330 g/mol. The van der Waals surface area contributed by atoms with E-state index in [1.54, 1.807) is 14.0 Å². The number of methoxy groups -OCH3 is 1. The molecule has 0 spiro atoms. The summed E-state index contributed by atoms with van der Waals surface area (Å²) in [5.74, 6) is -0.547. The van der Waals surface area contributed by atoms with Crippen LogP contribution in [0.2, 0.25) is 0 Å². The van der Waals surface area contributed by atoms with E-state index < -0.39 is 15.8 Å². The fraction of sp³-hybridized carbons (Fsp3) is 0.600. The van der Waals surface area contributed by atoms with Crippen molar-refractivity contribution in [2.75, 3.05) is 33.4 Å². The van der Waals surface area contributed by atoms with Crippen LogP contribution in [0.25, 0.3) is 0 Å². The van der Waals surface area contributed by atoms with Gasteiger partial charge in [0.05, 0.1) is 11.5 Å². The summed E-state index contributed by atoms with van der Waals surface area (Å²) in [7, 11) is -2.11. The van der Waals surface area contributed by atoms with Crippen molar-refractivity contribution < 1.29 is 17.5 Å². The van der Waals surface area contributed by atoms with Crippen LogP contribution in [0.4, 0.5) is 4.39 Å². The molecule has 1 aromatic rings. The van der Waals surface area contributed by atoms with E-state index in [0.717, 1.165) is 32.0 Å². The van der Waals surface area contributed by atoms with Crippen molar-refractivity contribution in [3.05, 3.63) is 29.6 Å². The Hall–Kier alpha value is -1.02. The lowest BCUT2D eigenvalue weighted by Gasteiger charge is -2.37. The van der Waals surface area contributed by atoms with Gasteiger partial charge in [0.1, 0.15) is 5.82 Å². The third-order valence-electron chi connectivity index (χ3n) is 4.08. The number of benzene rings is 1. The topological polar surface area (TPSA) is 67.4 Å². The highest BCUT2D eigenvalue weighted by molar-refractivity contribution is 7.89. The Morgan fingerprint density at radius 2 is 2.00 bits per heavy atom. The maximum Gasteiger partial charge on any atom is 0.240 e. The Bertz CT molecular complexity index is 587. The number of halogens is 1. The molecule has 1 fully saturated rings. The summed E-state index contributed by atoms with van der Waals surface area (Å²) in [6.45, 7) is 4.13. The molecule has 1 aromatic carbocycles. The average molecular weight is 330 g/mol. The zero-order valence-electron chi connectivity index (χ0n) is 13.0. The summed E-state index contributed by atoms with van der Waals surface area (Å²) >= 11 is 0. The molecule has 5 nitrogen and oxygen atoms in total. The third-order valence-corrected chi connectivity index (χ3v) is 5.46. The number of nitrogens with one attached hydrogen (secondary N) is 2. The molecule has 0 saturated carbocycles. The fourth-order valence-electron chi connectivity index (χ4n) is 2.82. The molecule has 2 N–H and O–H groups in total. The number of rotatable bonds is 6. The van der Waals surface area contributed by atoms with E-state index in [1.807, 2.05) is 0 Å². The molecule has 0 atom stereocenters. The lowest BCUT2D eigenvalue weighted by Crippen LogP contribution is -2.47. The van der Waals surface area contributed by atoms with Gasteiger partial charge in [0.15, 0.2) is 0 Å². The van der Waals surface area contributed by atoms with E-state index in [0.29, 0.717) is 18.7 Å². The van der Waals surface area contributed by atoms with Gasteiger partial charge >= 0.3 is 0 Å². The molecule has 7 heteroatoms. The fourth-order valence-corrected chi connectivity index (χ4v) is 4.10. The second-order valence-electron chi connectivity index (χ2n) is 5.97. The molecule has 2 rings (SSSR count). The molecule has 0 radical (unpaired) electrons. The van der Waals surface area contributed by atoms with E-state index in [2.05, 4.69) is 10.0 Å². The molecule has 1 aliphatic rings. The van der Waals surface area contributed by atoms with Crippen molar-refractivity contribution in [2.45, 2.75) is 24.7 Å². The first-order chi connectivity index (χ1) is 10.4. The molecule has 1 saturated heterocycles. The number of piperidine rings is 1. The Morgan fingerprint density at radius 1 is 1.32 bits per heavy atom. The summed E-state index contributed by atoms with van der Waals surface area (Å²) in [5, 5.41) is 3.26. The highest BCUT2D eigenvalue weighted by Crippen LogP contribution is 2.29. The van der Waals surface area contributed by atoms with Crippen molar-refractivity contribution in [3.63, 3.8) is 0 Å². The molecule has 124 valence electrons. The second-order valence-corrected chi connectivity index (χ2v) is 7.74. The van der Waals surface area contributed by atoms with E-state index in [-0.39, 0.29) is 10.3 Å². The van der Waals surface area contributed by atoms with Crippen molar-refractivity contribution in [2.24, 2.45) is 5.41 Å². The zero-order valence-corrected chi connectivity index (χ0v) is 13.8. The number of aryl methyl sites for hydroxylation is 1. The van der Waals surface area contributed by atoms with E-state index in [9.17, 15) is 12.8 Å². The van der Waals surface area contributed by atoms with Gasteiger partial charge in [-0.1, -0.05) is 0 Å². The van der Waals surface area contributed by atoms with Gasteiger partial charge in [-0.15, -0.1) is 0 Å². The number of sulfonamides is 1. The minimum absolute atomic E-state index is 0.0356. The normalized spacial score (nSPS) is 18.3. The largest absolute Gasteiger partial charge is 0.384 e. The SMILES string of the molecule is COCC1(CNS(=O)(=O)c2cc(C)cc(F)c2)CCNCC1. The predicted molar refractivity (Wildman–Crippen MR) is 82.7 cm³/mol. The van der Waals surface area contributed by atoms with Gasteiger partial charge in [-0.2, -0.15) is 0 Å². The predicted octanol–water partition coefficient (Wildman–Crippen LogP) is 1.43. The minimum atomic E-state index is -3.73. The van der Waals surface area contributed by atoms with Crippen LogP contribution in [0, 0.1) is 18.2 Å². The standard InChI is InChI=1S/C15H23FN2O3S/c1-12-7-13(16)9-14(8-12)22(19,20)18-10-15(11-21-2)3-5-17-6-4-15/h7-9,17-18H,3-6,10-11H2,1-2H3. The molecule has 0 aromatic heterocycles. The van der Waals surface area contributed by atoms with Crippen LogP contribution in [0.5, 0.6) is 0 Å². The second kappa shape index (κ2) is 7.04. The Kier molecular flexibility index (Phi) is 5.55. The van der Waals surface area contributed by atoms with Crippen molar-refractivity contribution in [1.82, 2.24) is 10.0 Å². The van der Waals surface area contributed by atoms with Gasteiger partial charge in [0, 0.05) is 19.1 Å². The van der Waals surface area contributed by atoms with E-state index >= 15 is 0 Å². The molecule has 0 aliphatic carbocycles. The van der Waals surface area contributed by atoms with Gasteiger partial charge in [-0.3, -0.25) is 0 Å². The zero-order chi connectivity index (χ0) is 16.2.